The van der Waals surface area contributed by atoms with Crippen LogP contribution in [-0.2, 0) is 16.0 Å². The van der Waals surface area contributed by atoms with Crippen LogP contribution < -0.4 is 0 Å². The van der Waals surface area contributed by atoms with Crippen LogP contribution in [0.1, 0.15) is 12.0 Å². The molecule has 0 saturated carbocycles. The molecule has 3 rings (SSSR count). The zero-order chi connectivity index (χ0) is 15.4. The molecule has 0 unspecified atom stereocenters. The Balaban J connectivity index is 1.87. The Morgan fingerprint density at radius 3 is 2.41 bits per heavy atom. The molecule has 0 heterocycles. The van der Waals surface area contributed by atoms with Gasteiger partial charge in [-0.25, -0.2) is 0 Å². The quantitative estimate of drug-likeness (QED) is 0.656. The fraction of sp³-hybridized carbons (Fsp3) is 0.150. The molecule has 0 saturated heterocycles. The molecule has 2 nitrogen and oxygen atoms in total. The summed E-state index contributed by atoms with van der Waals surface area (Å²) in [5.74, 6) is -0.168. The van der Waals surface area contributed by atoms with Crippen LogP contribution >= 0.6 is 0 Å². The second-order valence-electron chi connectivity index (χ2n) is 5.30. The molecule has 0 bridgehead atoms. The normalized spacial score (nSPS) is 10.6. The first-order valence-electron chi connectivity index (χ1n) is 7.42. The van der Waals surface area contributed by atoms with Gasteiger partial charge in [-0.15, -0.1) is 0 Å². The van der Waals surface area contributed by atoms with Gasteiger partial charge >= 0.3 is 5.97 Å². The van der Waals surface area contributed by atoms with E-state index in [1.807, 2.05) is 0 Å². The first kappa shape index (κ1) is 14.3. The summed E-state index contributed by atoms with van der Waals surface area (Å²) in [7, 11) is 1.42. The lowest BCUT2D eigenvalue weighted by molar-refractivity contribution is -0.140. The van der Waals surface area contributed by atoms with E-state index in [-0.39, 0.29) is 5.97 Å². The first-order valence-corrected chi connectivity index (χ1v) is 7.42. The van der Waals surface area contributed by atoms with Crippen molar-refractivity contribution in [2.45, 2.75) is 12.8 Å². The summed E-state index contributed by atoms with van der Waals surface area (Å²) < 4.78 is 4.67. The Kier molecular flexibility index (Phi) is 4.19. The predicted molar refractivity (Wildman–Crippen MR) is 89.7 cm³/mol. The maximum atomic E-state index is 11.2. The van der Waals surface area contributed by atoms with Gasteiger partial charge in [-0.3, -0.25) is 4.79 Å². The smallest absolute Gasteiger partial charge is 0.305 e. The number of fused-ring (bicyclic) bond motifs is 1. The molecule has 0 aliphatic rings. The summed E-state index contributed by atoms with van der Waals surface area (Å²) in [5.41, 5.74) is 3.57. The van der Waals surface area contributed by atoms with Crippen molar-refractivity contribution in [1.29, 1.82) is 0 Å². The van der Waals surface area contributed by atoms with Crippen LogP contribution in [0.4, 0.5) is 0 Å². The van der Waals surface area contributed by atoms with E-state index in [0.29, 0.717) is 12.8 Å². The molecule has 3 aromatic rings. The van der Waals surface area contributed by atoms with Crippen molar-refractivity contribution in [2.75, 3.05) is 7.11 Å². The molecule has 0 aliphatic carbocycles. The van der Waals surface area contributed by atoms with E-state index in [2.05, 4.69) is 71.5 Å². The molecule has 0 amide bonds. The van der Waals surface area contributed by atoms with Crippen LogP contribution in [-0.4, -0.2) is 13.1 Å². The van der Waals surface area contributed by atoms with Crippen molar-refractivity contribution in [3.05, 3.63) is 72.3 Å². The number of esters is 1. The molecule has 110 valence electrons. The lowest BCUT2D eigenvalue weighted by Gasteiger charge is -2.08. The molecule has 0 atom stereocenters. The minimum Gasteiger partial charge on any atom is -0.469 e. The van der Waals surface area contributed by atoms with E-state index in [0.717, 1.165) is 5.56 Å². The number of hydrogen-bond donors (Lipinski definition) is 0. The monoisotopic (exact) mass is 290 g/mol. The zero-order valence-corrected chi connectivity index (χ0v) is 12.6. The Bertz CT molecular complexity index is 783. The highest BCUT2D eigenvalue weighted by Gasteiger charge is 2.05. The minimum absolute atomic E-state index is 0.168. The number of rotatable bonds is 4. The highest BCUT2D eigenvalue weighted by Crippen LogP contribution is 2.28. The fourth-order valence-electron chi connectivity index (χ4n) is 2.68. The third kappa shape index (κ3) is 3.01. The number of benzene rings is 3. The van der Waals surface area contributed by atoms with Crippen LogP contribution in [0, 0.1) is 0 Å². The van der Waals surface area contributed by atoms with Gasteiger partial charge in [0, 0.05) is 6.42 Å². The van der Waals surface area contributed by atoms with Crippen LogP contribution in [0.5, 0.6) is 0 Å². The summed E-state index contributed by atoms with van der Waals surface area (Å²) in [6.07, 6.45) is 1.13. The molecule has 0 aliphatic heterocycles. The molecule has 22 heavy (non-hydrogen) atoms. The van der Waals surface area contributed by atoms with Crippen molar-refractivity contribution >= 4 is 16.7 Å². The Labute approximate surface area is 130 Å². The number of aryl methyl sites for hydroxylation is 1. The summed E-state index contributed by atoms with van der Waals surface area (Å²) in [6, 6.07) is 23.2. The van der Waals surface area contributed by atoms with Crippen molar-refractivity contribution < 1.29 is 9.53 Å². The molecule has 0 fully saturated rings. The minimum atomic E-state index is -0.168. The zero-order valence-electron chi connectivity index (χ0n) is 12.6. The Hall–Kier alpha value is -2.61. The molecular weight excluding hydrogens is 272 g/mol. The summed E-state index contributed by atoms with van der Waals surface area (Å²) in [6.45, 7) is 0. The average molecular weight is 290 g/mol. The van der Waals surface area contributed by atoms with E-state index < -0.39 is 0 Å². The largest absolute Gasteiger partial charge is 0.469 e. The molecular formula is C20H18O2. The summed E-state index contributed by atoms with van der Waals surface area (Å²) in [4.78, 5) is 11.2. The molecule has 0 radical (unpaired) electrons. The predicted octanol–water partition coefficient (Wildman–Crippen LogP) is 4.61. The van der Waals surface area contributed by atoms with Crippen molar-refractivity contribution in [1.82, 2.24) is 0 Å². The van der Waals surface area contributed by atoms with Gasteiger partial charge in [-0.1, -0.05) is 66.7 Å². The van der Waals surface area contributed by atoms with Gasteiger partial charge < -0.3 is 4.74 Å². The Morgan fingerprint density at radius 2 is 1.64 bits per heavy atom. The van der Waals surface area contributed by atoms with E-state index >= 15 is 0 Å². The van der Waals surface area contributed by atoms with E-state index in [1.165, 1.54) is 29.0 Å². The number of ether oxygens (including phenoxy) is 1. The Morgan fingerprint density at radius 1 is 0.909 bits per heavy atom. The summed E-state index contributed by atoms with van der Waals surface area (Å²) >= 11 is 0. The van der Waals surface area contributed by atoms with Crippen LogP contribution in [0.2, 0.25) is 0 Å². The molecule has 0 N–H and O–H groups in total. The maximum absolute atomic E-state index is 11.2. The maximum Gasteiger partial charge on any atom is 0.305 e. The number of hydrogen-bond acceptors (Lipinski definition) is 2. The fourth-order valence-corrected chi connectivity index (χ4v) is 2.68. The van der Waals surface area contributed by atoms with Gasteiger partial charge in [0.25, 0.3) is 0 Å². The van der Waals surface area contributed by atoms with Crippen LogP contribution in [0.25, 0.3) is 21.9 Å². The number of methoxy groups -OCH3 is 1. The SMILES string of the molecule is COC(=O)CCc1ccc(-c2cccc3ccccc23)cc1. The van der Waals surface area contributed by atoms with Gasteiger partial charge in [-0.2, -0.15) is 0 Å². The highest BCUT2D eigenvalue weighted by atomic mass is 16.5. The van der Waals surface area contributed by atoms with Crippen molar-refractivity contribution in [3.63, 3.8) is 0 Å². The number of carbonyl (C=O) groups is 1. The van der Waals surface area contributed by atoms with Gasteiger partial charge in [0.05, 0.1) is 7.11 Å². The first-order chi connectivity index (χ1) is 10.8. The van der Waals surface area contributed by atoms with Gasteiger partial charge in [-0.05, 0) is 33.9 Å². The topological polar surface area (TPSA) is 26.3 Å². The molecule has 0 aromatic heterocycles. The van der Waals surface area contributed by atoms with E-state index in [9.17, 15) is 4.79 Å². The van der Waals surface area contributed by atoms with Gasteiger partial charge in [0.2, 0.25) is 0 Å². The average Bonchev–Trinajstić information content (AvgIpc) is 2.59. The van der Waals surface area contributed by atoms with E-state index in [1.54, 1.807) is 0 Å². The lowest BCUT2D eigenvalue weighted by atomic mass is 9.97. The number of carbonyl (C=O) groups excluding carboxylic acids is 1. The molecule has 2 heteroatoms. The highest BCUT2D eigenvalue weighted by molar-refractivity contribution is 5.96. The van der Waals surface area contributed by atoms with Crippen molar-refractivity contribution in [3.8, 4) is 11.1 Å². The third-order valence-corrected chi connectivity index (χ3v) is 3.90. The van der Waals surface area contributed by atoms with Gasteiger partial charge in [0.1, 0.15) is 0 Å². The lowest BCUT2D eigenvalue weighted by Crippen LogP contribution is -2.01. The molecule has 3 aromatic carbocycles. The van der Waals surface area contributed by atoms with Crippen molar-refractivity contribution in [2.24, 2.45) is 0 Å². The summed E-state index contributed by atoms with van der Waals surface area (Å²) in [5, 5.41) is 2.50. The second kappa shape index (κ2) is 6.44. The second-order valence-corrected chi connectivity index (χ2v) is 5.30. The molecule has 0 spiro atoms. The van der Waals surface area contributed by atoms with E-state index in [4.69, 9.17) is 0 Å². The van der Waals surface area contributed by atoms with Crippen LogP contribution in [0.15, 0.2) is 66.7 Å². The van der Waals surface area contributed by atoms with Gasteiger partial charge in [0.15, 0.2) is 0 Å². The van der Waals surface area contributed by atoms with Crippen LogP contribution in [0.3, 0.4) is 0 Å². The third-order valence-electron chi connectivity index (χ3n) is 3.90. The standard InChI is InChI=1S/C20H18O2/c1-22-20(21)14-11-15-9-12-17(13-10-15)19-8-4-6-16-5-2-3-7-18(16)19/h2-10,12-13H,11,14H2,1H3.